The first-order valence-electron chi connectivity index (χ1n) is 6.58. The van der Waals surface area contributed by atoms with Crippen LogP contribution >= 0.6 is 0 Å². The molecule has 0 amide bonds. The Kier molecular flexibility index (Phi) is 6.23. The summed E-state index contributed by atoms with van der Waals surface area (Å²) in [5.41, 5.74) is 2.05. The maximum Gasteiger partial charge on any atom is 0.264 e. The molecule has 5 heteroatoms. The fourth-order valence-electron chi connectivity index (χ4n) is 1.76. The van der Waals surface area contributed by atoms with Crippen molar-refractivity contribution in [3.63, 3.8) is 0 Å². The molecular formula is C15H22O4S. The summed E-state index contributed by atoms with van der Waals surface area (Å²) in [6.07, 6.45) is 4.32. The first-order chi connectivity index (χ1) is 9.31. The van der Waals surface area contributed by atoms with Gasteiger partial charge in [-0.15, -0.1) is 0 Å². The molecule has 1 aromatic carbocycles. The third kappa shape index (κ3) is 6.21. The third-order valence-corrected chi connectivity index (χ3v) is 3.16. The molecule has 0 saturated heterocycles. The van der Waals surface area contributed by atoms with E-state index < -0.39 is 10.1 Å². The van der Waals surface area contributed by atoms with Gasteiger partial charge in [-0.1, -0.05) is 18.7 Å². The topological polar surface area (TPSA) is 52.6 Å². The summed E-state index contributed by atoms with van der Waals surface area (Å²) in [5.74, 6) is 0.811. The van der Waals surface area contributed by atoms with Crippen molar-refractivity contribution in [1.82, 2.24) is 0 Å². The number of benzene rings is 1. The maximum absolute atomic E-state index is 10.8. The van der Waals surface area contributed by atoms with E-state index in [4.69, 9.17) is 8.92 Å². The Morgan fingerprint density at radius 3 is 2.60 bits per heavy atom. The monoisotopic (exact) mass is 298 g/mol. The lowest BCUT2D eigenvalue weighted by molar-refractivity contribution is 0.242. The standard InChI is InChI=1S/C15H22O4S/c1-5-14-11-13(7-6-10-18-20(4,16)17)8-9-15(14)19-12(2)3/h5,8-9,11-12H,1,6-7,10H2,2-4H3. The van der Waals surface area contributed by atoms with Gasteiger partial charge in [0.25, 0.3) is 10.1 Å². The van der Waals surface area contributed by atoms with E-state index in [2.05, 4.69) is 6.58 Å². The Morgan fingerprint density at radius 2 is 2.05 bits per heavy atom. The van der Waals surface area contributed by atoms with Crippen molar-refractivity contribution < 1.29 is 17.3 Å². The van der Waals surface area contributed by atoms with E-state index in [0.717, 1.165) is 29.6 Å². The molecule has 0 aliphatic carbocycles. The molecule has 1 aromatic rings. The highest BCUT2D eigenvalue weighted by Gasteiger charge is 2.06. The minimum atomic E-state index is -3.35. The fourth-order valence-corrected chi connectivity index (χ4v) is 2.18. The molecule has 0 aromatic heterocycles. The second-order valence-electron chi connectivity index (χ2n) is 4.87. The molecule has 0 atom stereocenters. The van der Waals surface area contributed by atoms with Gasteiger partial charge in [0.2, 0.25) is 0 Å². The first kappa shape index (κ1) is 16.7. The average Bonchev–Trinajstić information content (AvgIpc) is 2.34. The number of ether oxygens (including phenoxy) is 1. The molecule has 0 aliphatic heterocycles. The van der Waals surface area contributed by atoms with Crippen LogP contribution in [0, 0.1) is 0 Å². The number of hydrogen-bond donors (Lipinski definition) is 0. The molecule has 1 rings (SSSR count). The summed E-state index contributed by atoms with van der Waals surface area (Å²) in [6, 6.07) is 5.90. The molecule has 0 unspecified atom stereocenters. The largest absolute Gasteiger partial charge is 0.490 e. The van der Waals surface area contributed by atoms with Gasteiger partial charge in [0.1, 0.15) is 5.75 Å². The Hall–Kier alpha value is -1.33. The fraction of sp³-hybridized carbons (Fsp3) is 0.467. The lowest BCUT2D eigenvalue weighted by Crippen LogP contribution is -2.07. The molecule has 0 N–H and O–H groups in total. The van der Waals surface area contributed by atoms with Gasteiger partial charge in [-0.3, -0.25) is 4.18 Å². The molecule has 0 saturated carbocycles. The van der Waals surface area contributed by atoms with Gasteiger partial charge < -0.3 is 4.74 Å². The predicted molar refractivity (Wildman–Crippen MR) is 81.4 cm³/mol. The lowest BCUT2D eigenvalue weighted by Gasteiger charge is -2.13. The van der Waals surface area contributed by atoms with E-state index in [1.165, 1.54) is 0 Å². The summed E-state index contributed by atoms with van der Waals surface area (Å²) >= 11 is 0. The zero-order chi connectivity index (χ0) is 15.2. The molecule has 4 nitrogen and oxygen atoms in total. The van der Waals surface area contributed by atoms with Crippen molar-refractivity contribution in [3.8, 4) is 5.75 Å². The second-order valence-corrected chi connectivity index (χ2v) is 6.52. The second kappa shape index (κ2) is 7.45. The molecule has 0 radical (unpaired) electrons. The van der Waals surface area contributed by atoms with Crippen LogP contribution < -0.4 is 4.74 Å². The van der Waals surface area contributed by atoms with Crippen LogP contribution in [0.4, 0.5) is 0 Å². The van der Waals surface area contributed by atoms with Crippen molar-refractivity contribution in [1.29, 1.82) is 0 Å². The highest BCUT2D eigenvalue weighted by Crippen LogP contribution is 2.23. The van der Waals surface area contributed by atoms with Gasteiger partial charge in [-0.2, -0.15) is 8.42 Å². The van der Waals surface area contributed by atoms with E-state index in [1.54, 1.807) is 6.08 Å². The molecule has 112 valence electrons. The van der Waals surface area contributed by atoms with Gasteiger partial charge in [-0.25, -0.2) is 0 Å². The summed E-state index contributed by atoms with van der Waals surface area (Å²) in [5, 5.41) is 0. The van der Waals surface area contributed by atoms with Crippen LogP contribution in [-0.2, 0) is 20.7 Å². The van der Waals surface area contributed by atoms with Gasteiger partial charge in [-0.05, 0) is 44.4 Å². The van der Waals surface area contributed by atoms with Gasteiger partial charge in [0.05, 0.1) is 19.0 Å². The molecular weight excluding hydrogens is 276 g/mol. The Morgan fingerprint density at radius 1 is 1.35 bits per heavy atom. The normalized spacial score (nSPS) is 11.6. The zero-order valence-corrected chi connectivity index (χ0v) is 13.1. The van der Waals surface area contributed by atoms with E-state index in [-0.39, 0.29) is 12.7 Å². The third-order valence-electron chi connectivity index (χ3n) is 2.56. The summed E-state index contributed by atoms with van der Waals surface area (Å²) in [6.45, 7) is 7.94. The van der Waals surface area contributed by atoms with Crippen LogP contribution in [0.15, 0.2) is 24.8 Å². The summed E-state index contributed by atoms with van der Waals surface area (Å²) < 4.78 is 32.1. The Labute approximate surface area is 121 Å². The van der Waals surface area contributed by atoms with Crippen molar-refractivity contribution >= 4 is 16.2 Å². The van der Waals surface area contributed by atoms with Crippen molar-refractivity contribution in [2.45, 2.75) is 32.8 Å². The highest BCUT2D eigenvalue weighted by atomic mass is 32.2. The highest BCUT2D eigenvalue weighted by molar-refractivity contribution is 7.85. The van der Waals surface area contributed by atoms with Gasteiger partial charge in [0.15, 0.2) is 0 Å². The van der Waals surface area contributed by atoms with Crippen LogP contribution in [0.1, 0.15) is 31.4 Å². The SMILES string of the molecule is C=Cc1cc(CCCOS(C)(=O)=O)ccc1OC(C)C. The van der Waals surface area contributed by atoms with Crippen LogP contribution in [0.2, 0.25) is 0 Å². The van der Waals surface area contributed by atoms with Crippen LogP contribution in [0.25, 0.3) is 6.08 Å². The average molecular weight is 298 g/mol. The molecule has 0 bridgehead atoms. The van der Waals surface area contributed by atoms with E-state index in [1.807, 2.05) is 32.0 Å². The minimum absolute atomic E-state index is 0.114. The lowest BCUT2D eigenvalue weighted by atomic mass is 10.1. The maximum atomic E-state index is 10.8. The molecule has 0 heterocycles. The van der Waals surface area contributed by atoms with Crippen molar-refractivity contribution in [2.24, 2.45) is 0 Å². The molecule has 20 heavy (non-hydrogen) atoms. The summed E-state index contributed by atoms with van der Waals surface area (Å²) in [7, 11) is -3.35. The Bertz CT molecular complexity index is 547. The molecule has 0 spiro atoms. The van der Waals surface area contributed by atoms with E-state index >= 15 is 0 Å². The predicted octanol–water partition coefficient (Wildman–Crippen LogP) is 3.03. The quantitative estimate of drug-likeness (QED) is 0.547. The zero-order valence-electron chi connectivity index (χ0n) is 12.3. The van der Waals surface area contributed by atoms with Crippen molar-refractivity contribution in [3.05, 3.63) is 35.9 Å². The smallest absolute Gasteiger partial charge is 0.264 e. The van der Waals surface area contributed by atoms with Crippen LogP contribution in [0.5, 0.6) is 5.75 Å². The van der Waals surface area contributed by atoms with Gasteiger partial charge in [0, 0.05) is 5.56 Å². The van der Waals surface area contributed by atoms with Gasteiger partial charge >= 0.3 is 0 Å². The van der Waals surface area contributed by atoms with E-state index in [0.29, 0.717) is 6.42 Å². The first-order valence-corrected chi connectivity index (χ1v) is 8.40. The molecule has 0 aliphatic rings. The van der Waals surface area contributed by atoms with E-state index in [9.17, 15) is 8.42 Å². The number of rotatable bonds is 8. The number of hydrogen-bond acceptors (Lipinski definition) is 4. The number of aryl methyl sites for hydroxylation is 1. The molecule has 0 fully saturated rings. The van der Waals surface area contributed by atoms with Crippen LogP contribution in [-0.4, -0.2) is 27.4 Å². The minimum Gasteiger partial charge on any atom is -0.490 e. The Balaban J connectivity index is 2.62. The van der Waals surface area contributed by atoms with Crippen molar-refractivity contribution in [2.75, 3.05) is 12.9 Å². The summed E-state index contributed by atoms with van der Waals surface area (Å²) in [4.78, 5) is 0. The van der Waals surface area contributed by atoms with Crippen LogP contribution in [0.3, 0.4) is 0 Å².